The van der Waals surface area contributed by atoms with Gasteiger partial charge >= 0.3 is 0 Å². The number of hydrogen-bond donors (Lipinski definition) is 1. The molecule has 6 rings (SSSR count). The number of benzene rings is 2. The first kappa shape index (κ1) is 18.7. The normalized spacial score (nSPS) is 23.4. The van der Waals surface area contributed by atoms with Crippen LogP contribution in [0.1, 0.15) is 73.4 Å². The van der Waals surface area contributed by atoms with Crippen LogP contribution in [0.3, 0.4) is 0 Å². The maximum atomic E-state index is 11.3. The number of hydrogen-bond acceptors (Lipinski definition) is 2. The molecule has 1 aliphatic heterocycles. The van der Waals surface area contributed by atoms with Crippen LogP contribution in [0, 0.1) is 0 Å². The molecular weight excluding hydrogens is 368 g/mol. The van der Waals surface area contributed by atoms with Gasteiger partial charge in [0.05, 0.1) is 11.6 Å². The van der Waals surface area contributed by atoms with Gasteiger partial charge in [0.2, 0.25) is 0 Å². The molecule has 1 unspecified atom stereocenters. The number of aromatic nitrogens is 1. The van der Waals surface area contributed by atoms with E-state index in [1.165, 1.54) is 42.1 Å². The largest absolute Gasteiger partial charge is 0.385 e. The average molecular weight is 401 g/mol. The SMILES string of the molecule is OC1(c2ccc3c(c2)c2c4n3CCN(Cc3ccccc3)C4CCC2)CCCCC1. The molecule has 0 radical (unpaired) electrons. The molecule has 2 heterocycles. The minimum Gasteiger partial charge on any atom is -0.385 e. The molecule has 1 atom stereocenters. The quantitative estimate of drug-likeness (QED) is 0.612. The molecule has 30 heavy (non-hydrogen) atoms. The summed E-state index contributed by atoms with van der Waals surface area (Å²) < 4.78 is 2.60. The molecule has 0 saturated heterocycles. The van der Waals surface area contributed by atoms with Crippen LogP contribution < -0.4 is 0 Å². The van der Waals surface area contributed by atoms with E-state index in [0.717, 1.165) is 50.9 Å². The molecule has 3 aliphatic rings. The average Bonchev–Trinajstić information content (AvgIpc) is 3.12. The van der Waals surface area contributed by atoms with E-state index < -0.39 is 5.60 Å². The monoisotopic (exact) mass is 400 g/mol. The summed E-state index contributed by atoms with van der Waals surface area (Å²) in [6, 6.07) is 18.3. The first-order valence-electron chi connectivity index (χ1n) is 11.9. The molecule has 3 aromatic rings. The maximum absolute atomic E-state index is 11.3. The van der Waals surface area contributed by atoms with Crippen LogP contribution in [-0.4, -0.2) is 21.1 Å². The van der Waals surface area contributed by atoms with E-state index in [1.54, 1.807) is 11.3 Å². The lowest BCUT2D eigenvalue weighted by molar-refractivity contribution is -0.000511. The van der Waals surface area contributed by atoms with Crippen molar-refractivity contribution in [3.8, 4) is 0 Å². The van der Waals surface area contributed by atoms with Crippen LogP contribution >= 0.6 is 0 Å². The zero-order chi connectivity index (χ0) is 20.1. The summed E-state index contributed by atoms with van der Waals surface area (Å²) in [5.74, 6) is 0. The Kier molecular flexibility index (Phi) is 4.51. The van der Waals surface area contributed by atoms with Gasteiger partial charge in [0.15, 0.2) is 0 Å². The third kappa shape index (κ3) is 2.94. The van der Waals surface area contributed by atoms with Gasteiger partial charge in [0.1, 0.15) is 0 Å². The highest BCUT2D eigenvalue weighted by atomic mass is 16.3. The van der Waals surface area contributed by atoms with E-state index >= 15 is 0 Å². The third-order valence-electron chi connectivity index (χ3n) is 7.93. The lowest BCUT2D eigenvalue weighted by Gasteiger charge is -2.40. The summed E-state index contributed by atoms with van der Waals surface area (Å²) in [7, 11) is 0. The Bertz CT molecular complexity index is 1060. The number of nitrogens with zero attached hydrogens (tertiary/aromatic N) is 2. The van der Waals surface area contributed by atoms with Crippen molar-refractivity contribution in [2.24, 2.45) is 0 Å². The predicted octanol–water partition coefficient (Wildman–Crippen LogP) is 5.69. The van der Waals surface area contributed by atoms with Crippen molar-refractivity contribution in [3.05, 3.63) is 70.9 Å². The zero-order valence-electron chi connectivity index (χ0n) is 17.8. The number of aliphatic hydroxyl groups is 1. The van der Waals surface area contributed by atoms with E-state index in [2.05, 4.69) is 58.0 Å². The van der Waals surface area contributed by atoms with Gasteiger partial charge in [-0.1, -0.05) is 55.7 Å². The van der Waals surface area contributed by atoms with E-state index in [4.69, 9.17) is 0 Å². The molecule has 0 amide bonds. The fourth-order valence-electron chi connectivity index (χ4n) is 6.40. The van der Waals surface area contributed by atoms with Gasteiger partial charge in [0, 0.05) is 36.2 Å². The van der Waals surface area contributed by atoms with E-state index in [9.17, 15) is 5.11 Å². The van der Waals surface area contributed by atoms with E-state index in [0.29, 0.717) is 6.04 Å². The van der Waals surface area contributed by atoms with Crippen LogP contribution in [0.5, 0.6) is 0 Å². The molecule has 0 spiro atoms. The molecule has 3 heteroatoms. The Morgan fingerprint density at radius 2 is 1.77 bits per heavy atom. The van der Waals surface area contributed by atoms with Crippen LogP contribution in [0.4, 0.5) is 0 Å². The molecule has 3 nitrogen and oxygen atoms in total. The van der Waals surface area contributed by atoms with Crippen LogP contribution in [0.15, 0.2) is 48.5 Å². The Balaban J connectivity index is 1.41. The fourth-order valence-corrected chi connectivity index (χ4v) is 6.40. The first-order valence-corrected chi connectivity index (χ1v) is 11.9. The molecule has 1 fully saturated rings. The van der Waals surface area contributed by atoms with Crippen molar-refractivity contribution >= 4 is 10.9 Å². The predicted molar refractivity (Wildman–Crippen MR) is 121 cm³/mol. The highest BCUT2D eigenvalue weighted by molar-refractivity contribution is 5.87. The molecular formula is C27H32N2O. The highest BCUT2D eigenvalue weighted by Crippen LogP contribution is 2.45. The van der Waals surface area contributed by atoms with Gasteiger partial charge in [0.25, 0.3) is 0 Å². The van der Waals surface area contributed by atoms with Gasteiger partial charge in [-0.2, -0.15) is 0 Å². The first-order chi connectivity index (χ1) is 14.7. The summed E-state index contributed by atoms with van der Waals surface area (Å²) in [6.07, 6.45) is 9.06. The lowest BCUT2D eigenvalue weighted by Crippen LogP contribution is -2.39. The van der Waals surface area contributed by atoms with Crippen LogP contribution in [0.2, 0.25) is 0 Å². The standard InChI is InChI=1S/C27H32N2O/c30-27(14-5-2-6-15-27)21-12-13-24-23(18-21)22-10-7-11-25-26(22)29(24)17-16-28(25)19-20-8-3-1-4-9-20/h1,3-4,8-9,12-13,18,25,30H,2,5-7,10-11,14-17,19H2. The van der Waals surface area contributed by atoms with E-state index in [-0.39, 0.29) is 0 Å². The summed E-state index contributed by atoms with van der Waals surface area (Å²) in [5, 5.41) is 12.7. The second kappa shape index (κ2) is 7.25. The molecule has 1 saturated carbocycles. The van der Waals surface area contributed by atoms with E-state index in [1.807, 2.05) is 0 Å². The summed E-state index contributed by atoms with van der Waals surface area (Å²) in [5.41, 5.74) is 6.45. The Hall–Kier alpha value is -2.10. The molecule has 2 aliphatic carbocycles. The molecule has 0 bridgehead atoms. The van der Waals surface area contributed by atoms with Gasteiger partial charge in [-0.3, -0.25) is 4.90 Å². The summed E-state index contributed by atoms with van der Waals surface area (Å²) >= 11 is 0. The summed E-state index contributed by atoms with van der Waals surface area (Å²) in [4.78, 5) is 2.70. The molecule has 156 valence electrons. The molecule has 1 aromatic heterocycles. The lowest BCUT2D eigenvalue weighted by atomic mass is 9.79. The van der Waals surface area contributed by atoms with Gasteiger partial charge in [-0.05, 0) is 60.9 Å². The van der Waals surface area contributed by atoms with Crippen molar-refractivity contribution in [2.45, 2.75) is 76.1 Å². The van der Waals surface area contributed by atoms with Crippen LogP contribution in [0.25, 0.3) is 10.9 Å². The smallest absolute Gasteiger partial charge is 0.0896 e. The van der Waals surface area contributed by atoms with Crippen molar-refractivity contribution in [2.75, 3.05) is 6.54 Å². The Morgan fingerprint density at radius 1 is 0.933 bits per heavy atom. The van der Waals surface area contributed by atoms with Crippen molar-refractivity contribution in [3.63, 3.8) is 0 Å². The second-order valence-electron chi connectivity index (χ2n) is 9.70. The third-order valence-corrected chi connectivity index (χ3v) is 7.93. The van der Waals surface area contributed by atoms with Crippen LogP contribution in [-0.2, 0) is 25.1 Å². The van der Waals surface area contributed by atoms with Gasteiger partial charge in [-0.15, -0.1) is 0 Å². The fraction of sp³-hybridized carbons (Fsp3) is 0.481. The Labute approximate surface area is 179 Å². The highest BCUT2D eigenvalue weighted by Gasteiger charge is 2.36. The summed E-state index contributed by atoms with van der Waals surface area (Å²) in [6.45, 7) is 3.22. The minimum absolute atomic E-state index is 0.524. The maximum Gasteiger partial charge on any atom is 0.0896 e. The van der Waals surface area contributed by atoms with Crippen molar-refractivity contribution < 1.29 is 5.11 Å². The molecule has 2 aromatic carbocycles. The second-order valence-corrected chi connectivity index (χ2v) is 9.70. The molecule has 1 N–H and O–H groups in total. The zero-order valence-corrected chi connectivity index (χ0v) is 17.8. The number of rotatable bonds is 3. The minimum atomic E-state index is -0.616. The van der Waals surface area contributed by atoms with Crippen molar-refractivity contribution in [1.29, 1.82) is 0 Å². The van der Waals surface area contributed by atoms with Crippen molar-refractivity contribution in [1.82, 2.24) is 9.47 Å². The number of aryl methyl sites for hydroxylation is 1. The topological polar surface area (TPSA) is 28.4 Å². The van der Waals surface area contributed by atoms with Gasteiger partial charge < -0.3 is 9.67 Å². The number of fused-ring (bicyclic) bond motifs is 3. The Morgan fingerprint density at radius 3 is 2.60 bits per heavy atom. The van der Waals surface area contributed by atoms with Gasteiger partial charge in [-0.25, -0.2) is 0 Å².